The molecule has 1 heterocycles. The fourth-order valence-corrected chi connectivity index (χ4v) is 11.7. The molecule has 5 rings (SSSR count). The van der Waals surface area contributed by atoms with Crippen LogP contribution in [-0.2, 0) is 16.4 Å². The largest absolute Gasteiger partial charge is 0.407 e. The summed E-state index contributed by atoms with van der Waals surface area (Å²) in [5.74, 6) is 0.185. The average molecular weight is 557 g/mol. The Morgan fingerprint density at radius 1 is 0.925 bits per heavy atom. The van der Waals surface area contributed by atoms with E-state index in [1.54, 1.807) is 7.05 Å². The van der Waals surface area contributed by atoms with Crippen LogP contribution >= 0.6 is 0 Å². The number of hydroxylamine groups is 2. The molecular formula is C34H44N2O3Si. The molecule has 1 aliphatic rings. The third kappa shape index (κ3) is 5.19. The Balaban J connectivity index is 1.50. The van der Waals surface area contributed by atoms with Gasteiger partial charge in [0.15, 0.2) is 0 Å². The highest BCUT2D eigenvalue weighted by Crippen LogP contribution is 2.48. The van der Waals surface area contributed by atoms with Gasteiger partial charge in [-0.05, 0) is 65.1 Å². The van der Waals surface area contributed by atoms with Crippen LogP contribution in [0.3, 0.4) is 0 Å². The lowest BCUT2D eigenvalue weighted by Crippen LogP contribution is -2.66. The van der Waals surface area contributed by atoms with Crippen LogP contribution in [0.15, 0.2) is 84.9 Å². The predicted octanol–water partition coefficient (Wildman–Crippen LogP) is 5.84. The summed E-state index contributed by atoms with van der Waals surface area (Å²) >= 11 is 0. The van der Waals surface area contributed by atoms with Crippen LogP contribution in [0.4, 0.5) is 0 Å². The number of fused-ring (bicyclic) bond motifs is 3. The minimum atomic E-state index is -2.65. The highest BCUT2D eigenvalue weighted by Gasteiger charge is 2.51. The van der Waals surface area contributed by atoms with Gasteiger partial charge in [-0.1, -0.05) is 99.6 Å². The lowest BCUT2D eigenvalue weighted by molar-refractivity contribution is -0.0946. The maximum atomic E-state index is 12.1. The minimum Gasteiger partial charge on any atom is -0.407 e. The van der Waals surface area contributed by atoms with Crippen molar-refractivity contribution in [3.63, 3.8) is 0 Å². The Kier molecular flexibility index (Phi) is 8.10. The highest BCUT2D eigenvalue weighted by molar-refractivity contribution is 6.99. The van der Waals surface area contributed by atoms with Crippen LogP contribution in [0.5, 0.6) is 0 Å². The van der Waals surface area contributed by atoms with Gasteiger partial charge in [0.1, 0.15) is 5.60 Å². The lowest BCUT2D eigenvalue weighted by atomic mass is 9.66. The third-order valence-electron chi connectivity index (χ3n) is 9.06. The molecule has 0 fully saturated rings. The SMILES string of the molecule is CN(O)CC[C@H]1[C@H](CCO[Si](c2ccccc2)(c2ccccc2)C(C)(C)C)Cc2c([nH]c3ccccc23)C1(C)O. The zero-order valence-electron chi connectivity index (χ0n) is 24.5. The van der Waals surface area contributed by atoms with Gasteiger partial charge >= 0.3 is 0 Å². The van der Waals surface area contributed by atoms with Crippen molar-refractivity contribution in [3.8, 4) is 0 Å². The van der Waals surface area contributed by atoms with E-state index in [-0.39, 0.29) is 16.9 Å². The Morgan fingerprint density at radius 3 is 2.08 bits per heavy atom. The van der Waals surface area contributed by atoms with Gasteiger partial charge in [0.25, 0.3) is 8.32 Å². The van der Waals surface area contributed by atoms with Crippen LogP contribution < -0.4 is 10.4 Å². The molecule has 1 aliphatic carbocycles. The zero-order valence-corrected chi connectivity index (χ0v) is 25.5. The summed E-state index contributed by atoms with van der Waals surface area (Å²) in [5, 5.41) is 26.9. The zero-order chi connectivity index (χ0) is 28.5. The number of aromatic amines is 1. The Labute approximate surface area is 239 Å². The van der Waals surface area contributed by atoms with E-state index in [4.69, 9.17) is 4.43 Å². The first-order chi connectivity index (χ1) is 19.1. The van der Waals surface area contributed by atoms with Crippen molar-refractivity contribution in [2.45, 2.75) is 57.6 Å². The Hall–Kier alpha value is -2.74. The number of rotatable bonds is 9. The fourth-order valence-electron chi connectivity index (χ4n) is 7.16. The summed E-state index contributed by atoms with van der Waals surface area (Å²) < 4.78 is 7.26. The molecule has 212 valence electrons. The van der Waals surface area contributed by atoms with Crippen molar-refractivity contribution in [2.75, 3.05) is 20.2 Å². The Morgan fingerprint density at radius 2 is 1.50 bits per heavy atom. The highest BCUT2D eigenvalue weighted by atomic mass is 28.4. The molecule has 6 heteroatoms. The number of hydrogen-bond acceptors (Lipinski definition) is 4. The summed E-state index contributed by atoms with van der Waals surface area (Å²) in [6, 6.07) is 29.9. The molecule has 0 aliphatic heterocycles. The summed E-state index contributed by atoms with van der Waals surface area (Å²) in [5.41, 5.74) is 2.16. The number of aliphatic hydroxyl groups is 1. The number of nitrogens with one attached hydrogen (secondary N) is 1. The topological polar surface area (TPSA) is 68.7 Å². The van der Waals surface area contributed by atoms with E-state index in [0.29, 0.717) is 19.6 Å². The van der Waals surface area contributed by atoms with Crippen molar-refractivity contribution in [1.82, 2.24) is 10.0 Å². The van der Waals surface area contributed by atoms with Crippen molar-refractivity contribution in [2.24, 2.45) is 11.8 Å². The van der Waals surface area contributed by atoms with E-state index in [1.165, 1.54) is 26.4 Å². The second-order valence-electron chi connectivity index (χ2n) is 12.7. The van der Waals surface area contributed by atoms with E-state index in [1.807, 2.05) is 13.0 Å². The molecule has 40 heavy (non-hydrogen) atoms. The maximum absolute atomic E-state index is 12.1. The van der Waals surface area contributed by atoms with Crippen LogP contribution in [-0.4, -0.2) is 48.9 Å². The third-order valence-corrected chi connectivity index (χ3v) is 14.1. The first-order valence-electron chi connectivity index (χ1n) is 14.5. The standard InChI is InChI=1S/C34H44N2O3Si/c1-33(2,3)40(26-14-8-6-9-15-26,27-16-10-7-11-17-27)39-23-21-25-24-29-28-18-12-13-19-31(28)35-32(29)34(4,37)30(25)20-22-36(5)38/h6-19,25,30,35,37-38H,20-24H2,1-5H3/t25-,30+,34?/m1/s1. The first-order valence-corrected chi connectivity index (χ1v) is 16.4. The fraction of sp³-hybridized carbons (Fsp3) is 0.412. The smallest absolute Gasteiger partial charge is 0.261 e. The summed E-state index contributed by atoms with van der Waals surface area (Å²) in [7, 11) is -0.974. The minimum absolute atomic E-state index is 0.0228. The molecule has 1 unspecified atom stereocenters. The van der Waals surface area contributed by atoms with Crippen LogP contribution in [0, 0.1) is 11.8 Å². The first kappa shape index (κ1) is 28.8. The van der Waals surface area contributed by atoms with Gasteiger partial charge in [-0.2, -0.15) is 5.06 Å². The molecule has 1 aromatic heterocycles. The molecule has 0 saturated heterocycles. The summed E-state index contributed by atoms with van der Waals surface area (Å²) in [4.78, 5) is 3.54. The van der Waals surface area contributed by atoms with E-state index in [2.05, 4.69) is 105 Å². The van der Waals surface area contributed by atoms with Gasteiger partial charge in [-0.25, -0.2) is 0 Å². The van der Waals surface area contributed by atoms with Crippen molar-refractivity contribution >= 4 is 29.6 Å². The molecule has 3 aromatic carbocycles. The summed E-state index contributed by atoms with van der Waals surface area (Å²) in [6.45, 7) is 9.98. The van der Waals surface area contributed by atoms with Gasteiger partial charge in [-0.15, -0.1) is 0 Å². The molecular weight excluding hydrogens is 512 g/mol. The van der Waals surface area contributed by atoms with Gasteiger partial charge in [0.2, 0.25) is 0 Å². The monoisotopic (exact) mass is 556 g/mol. The van der Waals surface area contributed by atoms with Crippen molar-refractivity contribution in [3.05, 3.63) is 96.2 Å². The van der Waals surface area contributed by atoms with E-state index in [9.17, 15) is 10.3 Å². The lowest BCUT2D eigenvalue weighted by Gasteiger charge is -2.45. The number of H-pyrrole nitrogens is 1. The van der Waals surface area contributed by atoms with Gasteiger partial charge in [-0.3, -0.25) is 0 Å². The summed E-state index contributed by atoms with van der Waals surface area (Å²) in [6.07, 6.45) is 2.40. The number of hydrogen-bond donors (Lipinski definition) is 3. The average Bonchev–Trinajstić information content (AvgIpc) is 3.30. The second kappa shape index (κ2) is 11.3. The van der Waals surface area contributed by atoms with Crippen LogP contribution in [0.1, 0.15) is 51.8 Å². The quantitative estimate of drug-likeness (QED) is 0.179. The molecule has 0 radical (unpaired) electrons. The Bertz CT molecular complexity index is 1370. The van der Waals surface area contributed by atoms with Gasteiger partial charge in [0.05, 0.1) is 5.69 Å². The number of aromatic nitrogens is 1. The molecule has 3 atom stereocenters. The number of para-hydroxylation sites is 1. The molecule has 0 spiro atoms. The molecule has 5 nitrogen and oxygen atoms in total. The number of benzene rings is 3. The second-order valence-corrected chi connectivity index (χ2v) is 17.0. The molecule has 3 N–H and O–H groups in total. The molecule has 0 bridgehead atoms. The van der Waals surface area contributed by atoms with Crippen LogP contribution in [0.25, 0.3) is 10.9 Å². The number of nitrogens with zero attached hydrogens (tertiary/aromatic N) is 1. The molecule has 0 saturated carbocycles. The maximum Gasteiger partial charge on any atom is 0.261 e. The predicted molar refractivity (Wildman–Crippen MR) is 166 cm³/mol. The van der Waals surface area contributed by atoms with Crippen molar-refractivity contribution < 1.29 is 14.7 Å². The van der Waals surface area contributed by atoms with Crippen LogP contribution in [0.2, 0.25) is 5.04 Å². The van der Waals surface area contributed by atoms with E-state index >= 15 is 0 Å². The van der Waals surface area contributed by atoms with Gasteiger partial charge in [0, 0.05) is 31.1 Å². The normalized spacial score (nSPS) is 21.6. The molecule has 4 aromatic rings. The van der Waals surface area contributed by atoms with Crippen molar-refractivity contribution in [1.29, 1.82) is 0 Å². The molecule has 0 amide bonds. The van der Waals surface area contributed by atoms with Gasteiger partial charge < -0.3 is 19.7 Å². The van der Waals surface area contributed by atoms with E-state index in [0.717, 1.165) is 24.1 Å². The van der Waals surface area contributed by atoms with E-state index < -0.39 is 13.9 Å².